The lowest BCUT2D eigenvalue weighted by Gasteiger charge is -2.05. The summed E-state index contributed by atoms with van der Waals surface area (Å²) in [4.78, 5) is 0. The molecule has 0 unspecified atom stereocenters. The Balaban J connectivity index is 2.10. The lowest BCUT2D eigenvalue weighted by molar-refractivity contribution is 0.426. The van der Waals surface area contributed by atoms with Gasteiger partial charge >= 0.3 is 0 Å². The first-order valence-corrected chi connectivity index (χ1v) is 5.07. The van der Waals surface area contributed by atoms with Gasteiger partial charge < -0.3 is 10.5 Å². The highest BCUT2D eigenvalue weighted by Gasteiger charge is 2.29. The van der Waals surface area contributed by atoms with Crippen molar-refractivity contribution in [2.24, 2.45) is 11.7 Å². The highest BCUT2D eigenvalue weighted by molar-refractivity contribution is 7.12. The zero-order valence-electron chi connectivity index (χ0n) is 7.12. The minimum atomic E-state index is 0.241. The highest BCUT2D eigenvalue weighted by atomic mass is 32.1. The van der Waals surface area contributed by atoms with E-state index in [1.165, 1.54) is 18.4 Å². The molecule has 1 aromatic rings. The number of thiophene rings is 1. The van der Waals surface area contributed by atoms with Crippen molar-refractivity contribution in [1.29, 1.82) is 0 Å². The highest BCUT2D eigenvalue weighted by Crippen LogP contribution is 2.41. The lowest BCUT2D eigenvalue weighted by atomic mass is 10.1. The number of methoxy groups -OCH3 is 1. The number of nitrogens with two attached hydrogens (primary N) is 1. The van der Waals surface area contributed by atoms with Crippen molar-refractivity contribution in [3.05, 3.63) is 17.0 Å². The number of hydrogen-bond donors (Lipinski definition) is 1. The van der Waals surface area contributed by atoms with E-state index in [1.54, 1.807) is 18.4 Å². The quantitative estimate of drug-likeness (QED) is 0.779. The van der Waals surface area contributed by atoms with Gasteiger partial charge in [0.25, 0.3) is 0 Å². The summed E-state index contributed by atoms with van der Waals surface area (Å²) in [6.07, 6.45) is 2.58. The standard InChI is InChI=1S/C9H13NOS/c1-11-8-4-7(5-12-8)9(10)6-2-3-6/h4-6,9H,2-3,10H2,1H3/t9-/m1/s1. The monoisotopic (exact) mass is 183 g/mol. The molecule has 12 heavy (non-hydrogen) atoms. The van der Waals surface area contributed by atoms with Crippen LogP contribution in [0.4, 0.5) is 0 Å². The van der Waals surface area contributed by atoms with Crippen molar-refractivity contribution in [3.8, 4) is 5.06 Å². The average molecular weight is 183 g/mol. The third kappa shape index (κ3) is 1.47. The normalized spacial score (nSPS) is 19.2. The Bertz CT molecular complexity index is 267. The molecule has 1 aromatic heterocycles. The van der Waals surface area contributed by atoms with Crippen LogP contribution in [0.1, 0.15) is 24.4 Å². The molecule has 1 saturated carbocycles. The topological polar surface area (TPSA) is 35.2 Å². The minimum Gasteiger partial charge on any atom is -0.487 e. The van der Waals surface area contributed by atoms with Crippen LogP contribution in [0.25, 0.3) is 0 Å². The van der Waals surface area contributed by atoms with Crippen molar-refractivity contribution in [3.63, 3.8) is 0 Å². The van der Waals surface area contributed by atoms with Gasteiger partial charge in [-0.1, -0.05) is 0 Å². The van der Waals surface area contributed by atoms with E-state index in [0.717, 1.165) is 11.0 Å². The molecule has 2 rings (SSSR count). The minimum absolute atomic E-state index is 0.241. The maximum absolute atomic E-state index is 6.02. The summed E-state index contributed by atoms with van der Waals surface area (Å²) in [6.45, 7) is 0. The van der Waals surface area contributed by atoms with Crippen molar-refractivity contribution >= 4 is 11.3 Å². The van der Waals surface area contributed by atoms with Crippen LogP contribution < -0.4 is 10.5 Å². The average Bonchev–Trinajstić information content (AvgIpc) is 2.82. The van der Waals surface area contributed by atoms with E-state index in [9.17, 15) is 0 Å². The smallest absolute Gasteiger partial charge is 0.173 e. The Morgan fingerprint density at radius 3 is 2.92 bits per heavy atom. The molecule has 1 aliphatic carbocycles. The first-order chi connectivity index (χ1) is 5.81. The maximum Gasteiger partial charge on any atom is 0.173 e. The second kappa shape index (κ2) is 3.07. The summed E-state index contributed by atoms with van der Waals surface area (Å²) in [5.74, 6) is 0.726. The van der Waals surface area contributed by atoms with Crippen LogP contribution in [0, 0.1) is 5.92 Å². The van der Waals surface area contributed by atoms with Gasteiger partial charge in [-0.05, 0) is 35.8 Å². The Kier molecular flexibility index (Phi) is 2.07. The third-order valence-electron chi connectivity index (χ3n) is 2.31. The first-order valence-electron chi connectivity index (χ1n) is 4.19. The van der Waals surface area contributed by atoms with Crippen molar-refractivity contribution < 1.29 is 4.74 Å². The molecule has 3 heteroatoms. The lowest BCUT2D eigenvalue weighted by Crippen LogP contribution is -2.10. The van der Waals surface area contributed by atoms with Gasteiger partial charge in [-0.15, -0.1) is 11.3 Å². The van der Waals surface area contributed by atoms with Crippen LogP contribution in [0.2, 0.25) is 0 Å². The molecule has 0 radical (unpaired) electrons. The fourth-order valence-electron chi connectivity index (χ4n) is 1.34. The SMILES string of the molecule is COc1cc([C@H](N)C2CC2)cs1. The van der Waals surface area contributed by atoms with E-state index in [0.29, 0.717) is 0 Å². The molecule has 1 atom stereocenters. The molecule has 0 bridgehead atoms. The van der Waals surface area contributed by atoms with E-state index >= 15 is 0 Å². The number of ether oxygens (including phenoxy) is 1. The van der Waals surface area contributed by atoms with Gasteiger partial charge in [-0.2, -0.15) is 0 Å². The summed E-state index contributed by atoms with van der Waals surface area (Å²) >= 11 is 1.62. The first kappa shape index (κ1) is 8.08. The van der Waals surface area contributed by atoms with Crippen molar-refractivity contribution in [1.82, 2.24) is 0 Å². The zero-order chi connectivity index (χ0) is 8.55. The summed E-state index contributed by atoms with van der Waals surface area (Å²) in [5.41, 5.74) is 7.25. The van der Waals surface area contributed by atoms with E-state index in [1.807, 2.05) is 6.07 Å². The molecule has 0 aromatic carbocycles. The van der Waals surface area contributed by atoms with Gasteiger partial charge in [-0.25, -0.2) is 0 Å². The van der Waals surface area contributed by atoms with E-state index < -0.39 is 0 Å². The summed E-state index contributed by atoms with van der Waals surface area (Å²) in [7, 11) is 1.69. The van der Waals surface area contributed by atoms with Crippen LogP contribution in [0.15, 0.2) is 11.4 Å². The molecule has 66 valence electrons. The molecular formula is C9H13NOS. The predicted molar refractivity (Wildman–Crippen MR) is 50.5 cm³/mol. The Morgan fingerprint density at radius 2 is 2.42 bits per heavy atom. The van der Waals surface area contributed by atoms with Crippen LogP contribution in [0.3, 0.4) is 0 Å². The molecule has 0 saturated heterocycles. The molecule has 1 fully saturated rings. The van der Waals surface area contributed by atoms with E-state index in [-0.39, 0.29) is 6.04 Å². The summed E-state index contributed by atoms with van der Waals surface area (Å²) in [6, 6.07) is 2.29. The second-order valence-electron chi connectivity index (χ2n) is 3.27. The van der Waals surface area contributed by atoms with E-state index in [2.05, 4.69) is 5.38 Å². The summed E-state index contributed by atoms with van der Waals surface area (Å²) < 4.78 is 5.11. The predicted octanol–water partition coefficient (Wildman–Crippen LogP) is 2.17. The Hall–Kier alpha value is -0.540. The van der Waals surface area contributed by atoms with Gasteiger partial charge in [0.05, 0.1) is 7.11 Å². The maximum atomic E-state index is 6.02. The Morgan fingerprint density at radius 1 is 1.67 bits per heavy atom. The van der Waals surface area contributed by atoms with Gasteiger partial charge in [0.1, 0.15) is 0 Å². The van der Waals surface area contributed by atoms with Crippen LogP contribution in [0.5, 0.6) is 5.06 Å². The summed E-state index contributed by atoms with van der Waals surface area (Å²) in [5, 5.41) is 3.06. The van der Waals surface area contributed by atoms with Crippen molar-refractivity contribution in [2.75, 3.05) is 7.11 Å². The zero-order valence-corrected chi connectivity index (χ0v) is 7.93. The van der Waals surface area contributed by atoms with Crippen LogP contribution >= 0.6 is 11.3 Å². The van der Waals surface area contributed by atoms with Crippen molar-refractivity contribution in [2.45, 2.75) is 18.9 Å². The number of rotatable bonds is 3. The van der Waals surface area contributed by atoms with Gasteiger partial charge in [-0.3, -0.25) is 0 Å². The van der Waals surface area contributed by atoms with Crippen LogP contribution in [-0.2, 0) is 0 Å². The van der Waals surface area contributed by atoms with Gasteiger partial charge in [0.15, 0.2) is 5.06 Å². The van der Waals surface area contributed by atoms with Gasteiger partial charge in [0, 0.05) is 6.04 Å². The second-order valence-corrected chi connectivity index (χ2v) is 4.14. The molecule has 1 heterocycles. The van der Waals surface area contributed by atoms with Gasteiger partial charge in [0.2, 0.25) is 0 Å². The fraction of sp³-hybridized carbons (Fsp3) is 0.556. The molecule has 0 amide bonds. The number of hydrogen-bond acceptors (Lipinski definition) is 3. The molecule has 0 aliphatic heterocycles. The fourth-order valence-corrected chi connectivity index (χ4v) is 2.12. The van der Waals surface area contributed by atoms with E-state index in [4.69, 9.17) is 10.5 Å². The molecule has 0 spiro atoms. The molecule has 2 nitrogen and oxygen atoms in total. The van der Waals surface area contributed by atoms with Crippen LogP contribution in [-0.4, -0.2) is 7.11 Å². The molecular weight excluding hydrogens is 170 g/mol. The molecule has 2 N–H and O–H groups in total. The largest absolute Gasteiger partial charge is 0.487 e. The third-order valence-corrected chi connectivity index (χ3v) is 3.22. The Labute approximate surface area is 76.3 Å². The molecule has 1 aliphatic rings.